The Hall–Kier alpha value is -3.55. The van der Waals surface area contributed by atoms with Gasteiger partial charge in [0.25, 0.3) is 0 Å². The number of aliphatic carboxylic acids is 1. The molecule has 3 N–H and O–H groups in total. The lowest BCUT2D eigenvalue weighted by Crippen LogP contribution is -2.51. The van der Waals surface area contributed by atoms with Crippen LogP contribution in [0, 0.1) is 22.7 Å². The molecule has 0 radical (unpaired) electrons. The molecule has 1 aromatic rings. The van der Waals surface area contributed by atoms with Crippen molar-refractivity contribution in [3.05, 3.63) is 53.1 Å². The van der Waals surface area contributed by atoms with Gasteiger partial charge in [0.2, 0.25) is 11.8 Å². The number of carboxylic acids is 1. The topological polar surface area (TPSA) is 116 Å². The molecule has 1 aliphatic heterocycles. The number of aromatic hydroxyl groups is 1. The first-order chi connectivity index (χ1) is 20.0. The molecule has 1 fully saturated rings. The van der Waals surface area contributed by atoms with Crippen LogP contribution in [0.1, 0.15) is 77.7 Å². The number of hydrogen-bond donors (Lipinski definition) is 3. The smallest absolute Gasteiger partial charge is 0.331 e. The molecule has 42 heavy (non-hydrogen) atoms. The van der Waals surface area contributed by atoms with Crippen LogP contribution in [-0.4, -0.2) is 59.6 Å². The molecule has 4 rings (SSSR count). The number of unbranched alkanes of at least 4 members (excludes halogenated alkanes) is 1. The molecule has 4 atom stereocenters. The van der Waals surface area contributed by atoms with Crippen LogP contribution in [0.5, 0.6) is 11.5 Å². The number of hydrogen-bond acceptors (Lipinski definition) is 5. The molecule has 1 aromatic carbocycles. The molecule has 1 heterocycles. The second kappa shape index (κ2) is 13.2. The molecule has 0 bridgehead atoms. The van der Waals surface area contributed by atoms with Crippen LogP contribution in [0.3, 0.4) is 0 Å². The number of fused-ring (bicyclic) bond motifs is 1. The summed E-state index contributed by atoms with van der Waals surface area (Å²) in [4.78, 5) is 39.3. The van der Waals surface area contributed by atoms with Crippen molar-refractivity contribution in [2.24, 2.45) is 22.7 Å². The predicted molar refractivity (Wildman–Crippen MR) is 163 cm³/mol. The second-order valence-corrected chi connectivity index (χ2v) is 12.7. The maximum Gasteiger partial charge on any atom is 0.331 e. The lowest BCUT2D eigenvalue weighted by Gasteiger charge is -2.57. The number of phenols is 1. The third-order valence-electron chi connectivity index (χ3n) is 10.3. The fraction of sp³-hybridized carbons (Fsp3) is 0.559. The van der Waals surface area contributed by atoms with Gasteiger partial charge in [-0.25, -0.2) is 4.79 Å². The van der Waals surface area contributed by atoms with Gasteiger partial charge in [0.15, 0.2) is 11.5 Å². The lowest BCUT2D eigenvalue weighted by molar-refractivity contribution is -0.137. The average Bonchev–Trinajstić information content (AvgIpc) is 3.32. The third-order valence-corrected chi connectivity index (χ3v) is 10.3. The quantitative estimate of drug-likeness (QED) is 0.216. The van der Waals surface area contributed by atoms with E-state index in [0.29, 0.717) is 42.8 Å². The second-order valence-electron chi connectivity index (χ2n) is 12.7. The Labute approximate surface area is 249 Å². The van der Waals surface area contributed by atoms with Gasteiger partial charge >= 0.3 is 5.97 Å². The van der Waals surface area contributed by atoms with Crippen molar-refractivity contribution >= 4 is 23.9 Å². The van der Waals surface area contributed by atoms with E-state index in [0.717, 1.165) is 62.5 Å². The Balaban J connectivity index is 1.21. The van der Waals surface area contributed by atoms with Crippen molar-refractivity contribution in [2.75, 3.05) is 26.7 Å². The van der Waals surface area contributed by atoms with Crippen molar-refractivity contribution < 1.29 is 29.3 Å². The summed E-state index contributed by atoms with van der Waals surface area (Å²) in [7, 11) is 1.47. The number of nitrogens with zero attached hydrogens (tertiary/aromatic N) is 1. The summed E-state index contributed by atoms with van der Waals surface area (Å²) in [6.07, 6.45) is 14.0. The molecule has 228 valence electrons. The van der Waals surface area contributed by atoms with Crippen LogP contribution in [0.25, 0.3) is 6.08 Å². The molecule has 8 nitrogen and oxygen atoms in total. The minimum atomic E-state index is -0.783. The number of carbonyl (C=O) groups is 3. The fourth-order valence-electron chi connectivity index (χ4n) is 7.51. The Morgan fingerprint density at radius 2 is 1.98 bits per heavy atom. The number of rotatable bonds is 12. The van der Waals surface area contributed by atoms with Crippen LogP contribution in [0.15, 0.2) is 47.6 Å². The zero-order chi connectivity index (χ0) is 30.5. The molecule has 0 spiro atoms. The number of ether oxygens (including phenoxy) is 1. The highest BCUT2D eigenvalue weighted by Crippen LogP contribution is 2.62. The average molecular weight is 579 g/mol. The number of methoxy groups -OCH3 is 1. The molecule has 0 aromatic heterocycles. The zero-order valence-electron chi connectivity index (χ0n) is 25.4. The van der Waals surface area contributed by atoms with Crippen molar-refractivity contribution in [3.8, 4) is 11.5 Å². The Morgan fingerprint density at radius 3 is 2.71 bits per heavy atom. The van der Waals surface area contributed by atoms with Crippen LogP contribution >= 0.6 is 0 Å². The fourth-order valence-corrected chi connectivity index (χ4v) is 7.51. The first-order valence-corrected chi connectivity index (χ1v) is 15.2. The molecule has 2 aliphatic carbocycles. The summed E-state index contributed by atoms with van der Waals surface area (Å²) in [6, 6.07) is 4.88. The van der Waals surface area contributed by atoms with Gasteiger partial charge in [-0.15, -0.1) is 0 Å². The Bertz CT molecular complexity index is 1280. The highest BCUT2D eigenvalue weighted by molar-refractivity contribution is 5.95. The highest BCUT2D eigenvalue weighted by atomic mass is 16.5. The van der Waals surface area contributed by atoms with Crippen LogP contribution in [-0.2, 0) is 14.4 Å². The number of phenolic OH excluding ortho intramolecular Hbond substituents is 1. The van der Waals surface area contributed by atoms with Gasteiger partial charge in [-0.05, 0) is 92.4 Å². The Kier molecular flexibility index (Phi) is 9.85. The number of carbonyl (C=O) groups excluding carboxylic acids is 2. The van der Waals surface area contributed by atoms with E-state index in [-0.39, 0.29) is 28.4 Å². The molecular formula is C34H46N2O6. The molecule has 2 amide bonds. The Morgan fingerprint density at radius 1 is 1.19 bits per heavy atom. The number of amides is 2. The van der Waals surface area contributed by atoms with E-state index in [9.17, 15) is 24.6 Å². The van der Waals surface area contributed by atoms with Crippen molar-refractivity contribution in [3.63, 3.8) is 0 Å². The van der Waals surface area contributed by atoms with Gasteiger partial charge < -0.3 is 25.2 Å². The van der Waals surface area contributed by atoms with E-state index in [4.69, 9.17) is 4.74 Å². The van der Waals surface area contributed by atoms with Gasteiger partial charge in [-0.1, -0.05) is 39.0 Å². The molecule has 3 aliphatic rings. The zero-order valence-corrected chi connectivity index (χ0v) is 25.4. The van der Waals surface area contributed by atoms with Crippen LogP contribution < -0.4 is 10.1 Å². The lowest BCUT2D eigenvalue weighted by atomic mass is 9.46. The summed E-state index contributed by atoms with van der Waals surface area (Å²) in [6.45, 7) is 8.57. The van der Waals surface area contributed by atoms with Gasteiger partial charge in [-0.2, -0.15) is 0 Å². The molecule has 0 saturated heterocycles. The summed E-state index contributed by atoms with van der Waals surface area (Å²) < 4.78 is 5.09. The standard InChI is InChI=1S/C34H46N2O6/c1-23-14-17-34(3)26(32(40)41)8-7-9-29(34)33(23,2)18-15-25-16-21-36(31(25)39)20-6-5-19-35-30(38)13-11-24-10-12-27(37)28(22-24)42-4/h8,10-13,16,22-23,29,37H,5-7,9,14-15,17-21H2,1-4H3,(H,35,38)(H,40,41)/b13-11+/t23-,29-,33+,34+/m1/s1. The summed E-state index contributed by atoms with van der Waals surface area (Å²) in [5, 5.41) is 22.5. The first-order valence-electron chi connectivity index (χ1n) is 15.2. The molecular weight excluding hydrogens is 532 g/mol. The van der Waals surface area contributed by atoms with E-state index in [2.05, 4.69) is 32.2 Å². The normalized spacial score (nSPS) is 27.4. The van der Waals surface area contributed by atoms with Crippen molar-refractivity contribution in [2.45, 2.75) is 72.1 Å². The highest BCUT2D eigenvalue weighted by Gasteiger charge is 2.55. The first kappa shape index (κ1) is 31.4. The number of nitrogens with one attached hydrogen (secondary N) is 1. The van der Waals surface area contributed by atoms with E-state index in [1.165, 1.54) is 19.3 Å². The summed E-state index contributed by atoms with van der Waals surface area (Å²) >= 11 is 0. The van der Waals surface area contributed by atoms with Crippen LogP contribution in [0.4, 0.5) is 0 Å². The SMILES string of the molecule is COc1cc(/C=C/C(=O)NCCCCN2CC=C(CC[C@@]3(C)[C@H](C)CC[C@@]4(C)C(C(=O)O)=CCC[C@H]34)C2=O)ccc1O. The van der Waals surface area contributed by atoms with Crippen molar-refractivity contribution in [1.82, 2.24) is 10.2 Å². The van der Waals surface area contributed by atoms with Gasteiger partial charge in [-0.3, -0.25) is 9.59 Å². The van der Waals surface area contributed by atoms with E-state index in [1.807, 2.05) is 11.0 Å². The molecule has 0 unspecified atom stereocenters. The van der Waals surface area contributed by atoms with Gasteiger partial charge in [0.1, 0.15) is 0 Å². The summed E-state index contributed by atoms with van der Waals surface area (Å²) in [5.41, 5.74) is 1.89. The molecule has 1 saturated carbocycles. The number of carboxylic acid groups (broad SMARTS) is 1. The minimum absolute atomic E-state index is 0.0164. The maximum absolute atomic E-state index is 13.2. The van der Waals surface area contributed by atoms with Gasteiger partial charge in [0.05, 0.1) is 7.11 Å². The largest absolute Gasteiger partial charge is 0.504 e. The maximum atomic E-state index is 13.2. The van der Waals surface area contributed by atoms with E-state index in [1.54, 1.807) is 18.2 Å². The predicted octanol–water partition coefficient (Wildman–Crippen LogP) is 5.72. The summed E-state index contributed by atoms with van der Waals surface area (Å²) in [5.74, 6) is 0.298. The molecule has 8 heteroatoms. The minimum Gasteiger partial charge on any atom is -0.504 e. The van der Waals surface area contributed by atoms with Crippen molar-refractivity contribution in [1.29, 1.82) is 0 Å². The third kappa shape index (κ3) is 6.58. The van der Waals surface area contributed by atoms with E-state index < -0.39 is 5.97 Å². The van der Waals surface area contributed by atoms with E-state index >= 15 is 0 Å². The number of allylic oxidation sites excluding steroid dienone is 1. The monoisotopic (exact) mass is 578 g/mol. The van der Waals surface area contributed by atoms with Crippen LogP contribution in [0.2, 0.25) is 0 Å². The number of benzene rings is 1. The van der Waals surface area contributed by atoms with Gasteiger partial charge in [0, 0.05) is 42.3 Å².